The molecule has 0 unspecified atom stereocenters. The van der Waals surface area contributed by atoms with Crippen LogP contribution in [-0.4, -0.2) is 75.3 Å². The van der Waals surface area contributed by atoms with Gasteiger partial charge >= 0.3 is 0 Å². The second-order valence-electron chi connectivity index (χ2n) is 7.68. The van der Waals surface area contributed by atoms with Crippen molar-refractivity contribution in [2.45, 2.75) is 38.7 Å². The van der Waals surface area contributed by atoms with Gasteiger partial charge in [-0.3, -0.25) is 14.4 Å². The van der Waals surface area contributed by atoms with E-state index in [1.807, 2.05) is 13.8 Å². The summed E-state index contributed by atoms with van der Waals surface area (Å²) in [7, 11) is 1.73. The Labute approximate surface area is 152 Å². The van der Waals surface area contributed by atoms with Crippen molar-refractivity contribution < 1.29 is 18.7 Å². The van der Waals surface area contributed by atoms with Gasteiger partial charge in [0.15, 0.2) is 0 Å². The maximum Gasteiger partial charge on any atom is 0.272 e. The minimum Gasteiger partial charge on any atom is -0.394 e. The quantitative estimate of drug-likeness (QED) is 0.854. The Morgan fingerprint density at radius 2 is 2.19 bits per heavy atom. The number of aromatic nitrogens is 2. The van der Waals surface area contributed by atoms with E-state index in [4.69, 9.17) is 0 Å². The van der Waals surface area contributed by atoms with E-state index in [2.05, 4.69) is 5.10 Å². The van der Waals surface area contributed by atoms with Gasteiger partial charge in [-0.1, -0.05) is 13.3 Å². The third kappa shape index (κ3) is 3.62. The van der Waals surface area contributed by atoms with Crippen LogP contribution in [-0.2, 0) is 7.05 Å². The number of hydrogen-bond acceptors (Lipinski definition) is 4. The highest BCUT2D eigenvalue weighted by Crippen LogP contribution is 2.36. The van der Waals surface area contributed by atoms with Gasteiger partial charge < -0.3 is 10.0 Å². The molecule has 146 valence electrons. The van der Waals surface area contributed by atoms with E-state index in [-0.39, 0.29) is 43.4 Å². The molecule has 1 N–H and O–H groups in total. The third-order valence-corrected chi connectivity index (χ3v) is 5.84. The predicted molar refractivity (Wildman–Crippen MR) is 93.1 cm³/mol. The molecule has 8 heteroatoms. The summed E-state index contributed by atoms with van der Waals surface area (Å²) in [6, 6.07) is 1.39. The van der Waals surface area contributed by atoms with Gasteiger partial charge in [-0.25, -0.2) is 8.78 Å². The van der Waals surface area contributed by atoms with Crippen molar-refractivity contribution in [3.05, 3.63) is 17.5 Å². The molecule has 3 rings (SSSR count). The number of alkyl halides is 2. The van der Waals surface area contributed by atoms with Crippen molar-refractivity contribution in [2.75, 3.05) is 32.8 Å². The molecule has 0 aliphatic carbocycles. The highest BCUT2D eigenvalue weighted by atomic mass is 19.3. The van der Waals surface area contributed by atoms with Crippen LogP contribution in [0.5, 0.6) is 0 Å². The van der Waals surface area contributed by atoms with Crippen LogP contribution < -0.4 is 0 Å². The largest absolute Gasteiger partial charge is 0.394 e. The summed E-state index contributed by atoms with van der Waals surface area (Å²) in [6.45, 7) is 4.89. The Hall–Kier alpha value is -1.54. The molecule has 0 radical (unpaired) electrons. The standard InChI is InChI=1S/C18H28F2N4O2/c1-4-13-8-24(17(26)15-7-12(2)21-22(15)3)16(10-25)14(13)9-23-6-5-18(19,20)11-23/h7,13-14,16,25H,4-6,8-11H2,1-3H3/t13-,14-,16-/m1/s1. The predicted octanol–water partition coefficient (Wildman–Crippen LogP) is 1.53. The van der Waals surface area contributed by atoms with E-state index in [0.717, 1.165) is 12.1 Å². The fourth-order valence-corrected chi connectivity index (χ4v) is 4.46. The van der Waals surface area contributed by atoms with E-state index in [1.165, 1.54) is 0 Å². The Morgan fingerprint density at radius 1 is 1.46 bits per heavy atom. The number of nitrogens with zero attached hydrogens (tertiary/aromatic N) is 4. The van der Waals surface area contributed by atoms with Crippen LogP contribution in [0.25, 0.3) is 0 Å². The van der Waals surface area contributed by atoms with Crippen molar-refractivity contribution in [1.29, 1.82) is 0 Å². The highest BCUT2D eigenvalue weighted by Gasteiger charge is 2.46. The zero-order chi connectivity index (χ0) is 19.1. The zero-order valence-corrected chi connectivity index (χ0v) is 15.7. The Balaban J connectivity index is 1.78. The van der Waals surface area contributed by atoms with Crippen molar-refractivity contribution in [1.82, 2.24) is 19.6 Å². The number of carbonyl (C=O) groups is 1. The van der Waals surface area contributed by atoms with Gasteiger partial charge in [-0.05, 0) is 24.8 Å². The van der Waals surface area contributed by atoms with Crippen LogP contribution in [0.15, 0.2) is 6.07 Å². The van der Waals surface area contributed by atoms with Gasteiger partial charge in [0, 0.05) is 33.1 Å². The minimum atomic E-state index is -2.63. The van der Waals surface area contributed by atoms with Crippen molar-refractivity contribution in [3.63, 3.8) is 0 Å². The lowest BCUT2D eigenvalue weighted by molar-refractivity contribution is 0.00883. The van der Waals surface area contributed by atoms with Crippen molar-refractivity contribution in [2.24, 2.45) is 18.9 Å². The summed E-state index contributed by atoms with van der Waals surface area (Å²) in [6.07, 6.45) is 0.733. The van der Waals surface area contributed by atoms with E-state index in [1.54, 1.807) is 27.6 Å². The van der Waals surface area contributed by atoms with Crippen LogP contribution in [0.4, 0.5) is 8.78 Å². The maximum atomic E-state index is 13.5. The van der Waals surface area contributed by atoms with E-state index < -0.39 is 5.92 Å². The van der Waals surface area contributed by atoms with Crippen molar-refractivity contribution in [3.8, 4) is 0 Å². The molecule has 2 saturated heterocycles. The summed E-state index contributed by atoms with van der Waals surface area (Å²) in [5, 5.41) is 14.2. The fourth-order valence-electron chi connectivity index (χ4n) is 4.46. The van der Waals surface area contributed by atoms with Gasteiger partial charge in [0.25, 0.3) is 11.8 Å². The molecule has 0 bridgehead atoms. The lowest BCUT2D eigenvalue weighted by atomic mass is 9.88. The van der Waals surface area contributed by atoms with E-state index in [9.17, 15) is 18.7 Å². The summed E-state index contributed by atoms with van der Waals surface area (Å²) in [4.78, 5) is 16.5. The second-order valence-corrected chi connectivity index (χ2v) is 7.68. The molecule has 3 atom stereocenters. The maximum absolute atomic E-state index is 13.5. The third-order valence-electron chi connectivity index (χ3n) is 5.84. The number of likely N-dealkylation sites (tertiary alicyclic amines) is 2. The molecule has 6 nitrogen and oxygen atoms in total. The Kier molecular flexibility index (Phi) is 5.35. The molecule has 0 spiro atoms. The van der Waals surface area contributed by atoms with Crippen molar-refractivity contribution >= 4 is 5.91 Å². The number of aryl methyl sites for hydroxylation is 2. The van der Waals surface area contributed by atoms with E-state index >= 15 is 0 Å². The fraction of sp³-hybridized carbons (Fsp3) is 0.778. The lowest BCUT2D eigenvalue weighted by Crippen LogP contribution is -2.44. The van der Waals surface area contributed by atoms with Gasteiger partial charge in [0.1, 0.15) is 5.69 Å². The number of aliphatic hydroxyl groups is 1. The lowest BCUT2D eigenvalue weighted by Gasteiger charge is -2.30. The number of hydrogen-bond donors (Lipinski definition) is 1. The number of amides is 1. The molecular weight excluding hydrogens is 342 g/mol. The number of aliphatic hydroxyl groups excluding tert-OH is 1. The number of carbonyl (C=O) groups excluding carboxylic acids is 1. The van der Waals surface area contributed by atoms with Crippen LogP contribution in [0.2, 0.25) is 0 Å². The molecule has 3 heterocycles. The number of rotatable bonds is 5. The minimum absolute atomic E-state index is 0.00262. The van der Waals surface area contributed by atoms with Crippen LogP contribution >= 0.6 is 0 Å². The first-order valence-corrected chi connectivity index (χ1v) is 9.28. The normalized spacial score (nSPS) is 28.8. The first-order chi connectivity index (χ1) is 12.3. The highest BCUT2D eigenvalue weighted by molar-refractivity contribution is 5.93. The first-order valence-electron chi connectivity index (χ1n) is 9.28. The molecule has 1 aromatic rings. The monoisotopic (exact) mass is 370 g/mol. The van der Waals surface area contributed by atoms with Crippen LogP contribution in [0, 0.1) is 18.8 Å². The molecule has 2 fully saturated rings. The first kappa shape index (κ1) is 19.2. The average molecular weight is 370 g/mol. The molecule has 2 aliphatic heterocycles. The summed E-state index contributed by atoms with van der Waals surface area (Å²) in [5.41, 5.74) is 1.25. The molecular formula is C18H28F2N4O2. The molecule has 1 aromatic heterocycles. The van der Waals surface area contributed by atoms with Crippen LogP contribution in [0.3, 0.4) is 0 Å². The molecule has 26 heavy (non-hydrogen) atoms. The number of halogens is 2. The second kappa shape index (κ2) is 7.23. The van der Waals surface area contributed by atoms with Gasteiger partial charge in [0.2, 0.25) is 0 Å². The SMILES string of the molecule is CC[C@@H]1CN(C(=O)c2cc(C)nn2C)[C@H](CO)[C@@H]1CN1CCC(F)(F)C1. The van der Waals surface area contributed by atoms with Gasteiger partial charge in [-0.15, -0.1) is 0 Å². The average Bonchev–Trinajstić information content (AvgIpc) is 3.21. The van der Waals surface area contributed by atoms with Gasteiger partial charge in [0.05, 0.1) is 24.9 Å². The topological polar surface area (TPSA) is 61.6 Å². The van der Waals surface area contributed by atoms with Crippen LogP contribution in [0.1, 0.15) is 35.9 Å². The molecule has 1 amide bonds. The molecule has 0 saturated carbocycles. The summed E-state index contributed by atoms with van der Waals surface area (Å²) >= 11 is 0. The van der Waals surface area contributed by atoms with E-state index in [0.29, 0.717) is 25.3 Å². The molecule has 0 aromatic carbocycles. The smallest absolute Gasteiger partial charge is 0.272 e. The van der Waals surface area contributed by atoms with Gasteiger partial charge in [-0.2, -0.15) is 5.10 Å². The Bertz CT molecular complexity index is 664. The zero-order valence-electron chi connectivity index (χ0n) is 15.7. The molecule has 2 aliphatic rings. The Morgan fingerprint density at radius 3 is 2.69 bits per heavy atom. The summed E-state index contributed by atoms with van der Waals surface area (Å²) in [5.74, 6) is -2.59. The summed E-state index contributed by atoms with van der Waals surface area (Å²) < 4.78 is 28.6.